The van der Waals surface area contributed by atoms with Crippen molar-refractivity contribution < 1.29 is 0 Å². The highest BCUT2D eigenvalue weighted by Gasteiger charge is 2.20. The van der Waals surface area contributed by atoms with Gasteiger partial charge in [-0.1, -0.05) is 20.3 Å². The van der Waals surface area contributed by atoms with E-state index in [1.54, 1.807) is 0 Å². The van der Waals surface area contributed by atoms with Crippen LogP contribution in [-0.4, -0.2) is 48.6 Å². The molecule has 1 atom stereocenters. The van der Waals surface area contributed by atoms with E-state index in [1.165, 1.54) is 50.5 Å². The van der Waals surface area contributed by atoms with Crippen LogP contribution in [0, 0.1) is 0 Å². The normalized spacial score (nSPS) is 22.4. The average Bonchev–Trinajstić information content (AvgIpc) is 2.21. The van der Waals surface area contributed by atoms with E-state index < -0.39 is 0 Å². The minimum atomic E-state index is 0. The van der Waals surface area contributed by atoms with Gasteiger partial charge in [0.15, 0.2) is 0 Å². The summed E-state index contributed by atoms with van der Waals surface area (Å²) >= 11 is 2.06. The van der Waals surface area contributed by atoms with Crippen LogP contribution in [0.4, 0.5) is 0 Å². The number of piperazine rings is 1. The molecule has 15 heavy (non-hydrogen) atoms. The topological polar surface area (TPSA) is 15.3 Å². The van der Waals surface area contributed by atoms with Gasteiger partial charge in [-0.15, -0.1) is 12.4 Å². The largest absolute Gasteiger partial charge is 0.314 e. The summed E-state index contributed by atoms with van der Waals surface area (Å²) in [5, 5.41) is 3.49. The monoisotopic (exact) mass is 252 g/mol. The Hall–Kier alpha value is 0.560. The van der Waals surface area contributed by atoms with Crippen LogP contribution in [0.2, 0.25) is 0 Å². The van der Waals surface area contributed by atoms with E-state index in [0.29, 0.717) is 0 Å². The molecule has 1 unspecified atom stereocenters. The Bertz CT molecular complexity index is 145. The second kappa shape index (κ2) is 9.76. The SMILES string of the molecule is CCCC1CNCCN1CCSCC.Cl. The van der Waals surface area contributed by atoms with Crippen LogP contribution in [0.1, 0.15) is 26.7 Å². The fourth-order valence-electron chi connectivity index (χ4n) is 2.04. The highest BCUT2D eigenvalue weighted by molar-refractivity contribution is 7.99. The van der Waals surface area contributed by atoms with Gasteiger partial charge in [0.2, 0.25) is 0 Å². The van der Waals surface area contributed by atoms with Gasteiger partial charge in [0.1, 0.15) is 0 Å². The fraction of sp³-hybridized carbons (Fsp3) is 1.00. The van der Waals surface area contributed by atoms with Crippen LogP contribution in [0.15, 0.2) is 0 Å². The quantitative estimate of drug-likeness (QED) is 0.730. The molecular formula is C11H25ClN2S. The van der Waals surface area contributed by atoms with Crippen molar-refractivity contribution in [2.45, 2.75) is 32.7 Å². The molecule has 0 aromatic carbocycles. The number of nitrogens with one attached hydrogen (secondary N) is 1. The summed E-state index contributed by atoms with van der Waals surface area (Å²) in [7, 11) is 0. The second-order valence-corrected chi connectivity index (χ2v) is 5.27. The summed E-state index contributed by atoms with van der Waals surface area (Å²) in [6.07, 6.45) is 2.66. The Kier molecular flexibility index (Phi) is 10.1. The molecule has 4 heteroatoms. The first kappa shape index (κ1) is 15.6. The van der Waals surface area contributed by atoms with Crippen LogP contribution < -0.4 is 5.32 Å². The van der Waals surface area contributed by atoms with Gasteiger partial charge in [-0.25, -0.2) is 0 Å². The Labute approximate surface area is 105 Å². The predicted octanol–water partition coefficient (Wildman–Crippen LogP) is 2.24. The summed E-state index contributed by atoms with van der Waals surface area (Å²) in [5.74, 6) is 2.56. The minimum absolute atomic E-state index is 0. The van der Waals surface area contributed by atoms with Crippen LogP contribution in [0.5, 0.6) is 0 Å². The summed E-state index contributed by atoms with van der Waals surface area (Å²) in [6, 6.07) is 0.797. The molecule has 0 amide bonds. The van der Waals surface area contributed by atoms with Gasteiger partial charge in [0.05, 0.1) is 0 Å². The maximum Gasteiger partial charge on any atom is 0.0221 e. The third-order valence-corrected chi connectivity index (χ3v) is 3.70. The number of hydrogen-bond donors (Lipinski definition) is 1. The molecule has 0 spiro atoms. The fourth-order valence-corrected chi connectivity index (χ4v) is 2.69. The van der Waals surface area contributed by atoms with Gasteiger partial charge in [-0.2, -0.15) is 11.8 Å². The molecule has 1 aliphatic heterocycles. The second-order valence-electron chi connectivity index (χ2n) is 3.88. The number of nitrogens with zero attached hydrogens (tertiary/aromatic N) is 1. The van der Waals surface area contributed by atoms with Gasteiger partial charge < -0.3 is 5.32 Å². The van der Waals surface area contributed by atoms with Gasteiger partial charge in [-0.3, -0.25) is 4.90 Å². The Morgan fingerprint density at radius 2 is 2.20 bits per heavy atom. The molecule has 92 valence electrons. The van der Waals surface area contributed by atoms with Crippen LogP contribution >= 0.6 is 24.2 Å². The van der Waals surface area contributed by atoms with E-state index in [4.69, 9.17) is 0 Å². The zero-order valence-electron chi connectivity index (χ0n) is 10.00. The van der Waals surface area contributed by atoms with Gasteiger partial charge in [0, 0.05) is 38.0 Å². The zero-order valence-corrected chi connectivity index (χ0v) is 11.6. The number of rotatable bonds is 6. The van der Waals surface area contributed by atoms with E-state index in [1.807, 2.05) is 0 Å². The molecule has 0 radical (unpaired) electrons. The van der Waals surface area contributed by atoms with Gasteiger partial charge in [-0.05, 0) is 12.2 Å². The molecule has 1 saturated heterocycles. The molecule has 1 N–H and O–H groups in total. The molecule has 1 fully saturated rings. The number of halogens is 1. The van der Waals surface area contributed by atoms with E-state index in [2.05, 4.69) is 35.8 Å². The zero-order chi connectivity index (χ0) is 10.2. The summed E-state index contributed by atoms with van der Waals surface area (Å²) < 4.78 is 0. The lowest BCUT2D eigenvalue weighted by Crippen LogP contribution is -2.51. The van der Waals surface area contributed by atoms with E-state index in [9.17, 15) is 0 Å². The molecule has 0 aliphatic carbocycles. The first-order valence-electron chi connectivity index (χ1n) is 5.91. The Balaban J connectivity index is 0.00000196. The molecule has 0 aromatic heterocycles. The molecule has 0 aromatic rings. The summed E-state index contributed by atoms with van der Waals surface area (Å²) in [6.45, 7) is 9.43. The van der Waals surface area contributed by atoms with E-state index in [0.717, 1.165) is 6.04 Å². The minimum Gasteiger partial charge on any atom is -0.314 e. The maximum absolute atomic E-state index is 3.49. The highest BCUT2D eigenvalue weighted by Crippen LogP contribution is 2.10. The molecule has 1 heterocycles. The van der Waals surface area contributed by atoms with Crippen LogP contribution in [-0.2, 0) is 0 Å². The standard InChI is InChI=1S/C11H24N2S.ClH/c1-3-5-11-10-12-6-7-13(11)8-9-14-4-2;/h11-12H,3-10H2,1-2H3;1H. The Morgan fingerprint density at radius 1 is 1.40 bits per heavy atom. The van der Waals surface area contributed by atoms with Crippen molar-refractivity contribution in [1.29, 1.82) is 0 Å². The molecule has 0 bridgehead atoms. The third-order valence-electron chi connectivity index (χ3n) is 2.82. The highest BCUT2D eigenvalue weighted by atomic mass is 35.5. The smallest absolute Gasteiger partial charge is 0.0221 e. The molecule has 1 aliphatic rings. The van der Waals surface area contributed by atoms with Crippen molar-refractivity contribution in [3.63, 3.8) is 0 Å². The van der Waals surface area contributed by atoms with E-state index in [-0.39, 0.29) is 12.4 Å². The van der Waals surface area contributed by atoms with Crippen LogP contribution in [0.25, 0.3) is 0 Å². The average molecular weight is 253 g/mol. The third kappa shape index (κ3) is 6.00. The lowest BCUT2D eigenvalue weighted by Gasteiger charge is -2.36. The van der Waals surface area contributed by atoms with E-state index >= 15 is 0 Å². The first-order valence-corrected chi connectivity index (χ1v) is 7.06. The first-order chi connectivity index (χ1) is 6.88. The lowest BCUT2D eigenvalue weighted by atomic mass is 10.1. The number of thioether (sulfide) groups is 1. The van der Waals surface area contributed by atoms with Gasteiger partial charge in [0.25, 0.3) is 0 Å². The van der Waals surface area contributed by atoms with Gasteiger partial charge >= 0.3 is 0 Å². The van der Waals surface area contributed by atoms with Crippen molar-refractivity contribution in [3.05, 3.63) is 0 Å². The van der Waals surface area contributed by atoms with Crippen molar-refractivity contribution >= 4 is 24.2 Å². The van der Waals surface area contributed by atoms with Crippen molar-refractivity contribution in [1.82, 2.24) is 10.2 Å². The summed E-state index contributed by atoms with van der Waals surface area (Å²) in [5.41, 5.74) is 0. The summed E-state index contributed by atoms with van der Waals surface area (Å²) in [4.78, 5) is 2.67. The van der Waals surface area contributed by atoms with Crippen LogP contribution in [0.3, 0.4) is 0 Å². The van der Waals surface area contributed by atoms with Crippen molar-refractivity contribution in [3.8, 4) is 0 Å². The van der Waals surface area contributed by atoms with Crippen molar-refractivity contribution in [2.75, 3.05) is 37.7 Å². The molecule has 2 nitrogen and oxygen atoms in total. The Morgan fingerprint density at radius 3 is 2.87 bits per heavy atom. The molecular weight excluding hydrogens is 228 g/mol. The lowest BCUT2D eigenvalue weighted by molar-refractivity contribution is 0.162. The predicted molar refractivity (Wildman–Crippen MR) is 73.4 cm³/mol. The molecule has 1 rings (SSSR count). The maximum atomic E-state index is 3.49. The number of hydrogen-bond acceptors (Lipinski definition) is 3. The molecule has 0 saturated carbocycles. The van der Waals surface area contributed by atoms with Crippen molar-refractivity contribution in [2.24, 2.45) is 0 Å².